The molecule has 3 rings (SSSR count). The van der Waals surface area contributed by atoms with Gasteiger partial charge in [0.1, 0.15) is 19.0 Å². The van der Waals surface area contributed by atoms with E-state index < -0.39 is 0 Å². The van der Waals surface area contributed by atoms with Crippen molar-refractivity contribution in [2.45, 2.75) is 6.92 Å². The molecule has 0 aromatic heterocycles. The molecule has 0 saturated heterocycles. The number of aliphatic imine (C=N–C) groups is 1. The number of methoxy groups -OCH3 is 1. The Hall–Kier alpha value is -2.68. The number of ether oxygens (including phenoxy) is 4. The SMILES string of the molecule is COc1cc(/C=C2/SC(N)=NC2=O)cc(Cl)c1OCCOCCOc1ccccc1C. The van der Waals surface area contributed by atoms with Crippen molar-refractivity contribution in [3.05, 3.63) is 57.5 Å². The maximum Gasteiger partial charge on any atom is 0.286 e. The molecule has 0 saturated carbocycles. The van der Waals surface area contributed by atoms with Crippen LogP contribution in [-0.2, 0) is 9.53 Å². The van der Waals surface area contributed by atoms with Gasteiger partial charge in [-0.05, 0) is 54.1 Å². The van der Waals surface area contributed by atoms with Crippen molar-refractivity contribution in [1.82, 2.24) is 0 Å². The third-order valence-electron chi connectivity index (χ3n) is 4.24. The van der Waals surface area contributed by atoms with Crippen molar-refractivity contribution in [2.24, 2.45) is 10.7 Å². The Bertz CT molecular complexity index is 1010. The first-order valence-corrected chi connectivity index (χ1v) is 10.7. The van der Waals surface area contributed by atoms with Crippen molar-refractivity contribution < 1.29 is 23.7 Å². The minimum absolute atomic E-state index is 0.221. The lowest BCUT2D eigenvalue weighted by molar-refractivity contribution is -0.113. The predicted octanol–water partition coefficient (Wildman–Crippen LogP) is 4.06. The Morgan fingerprint density at radius 2 is 1.84 bits per heavy atom. The van der Waals surface area contributed by atoms with E-state index in [-0.39, 0.29) is 11.1 Å². The van der Waals surface area contributed by atoms with E-state index in [1.165, 1.54) is 7.11 Å². The summed E-state index contributed by atoms with van der Waals surface area (Å²) in [6.45, 7) is 3.54. The number of benzene rings is 2. The number of rotatable bonds is 10. The summed E-state index contributed by atoms with van der Waals surface area (Å²) in [4.78, 5) is 15.9. The summed E-state index contributed by atoms with van der Waals surface area (Å²) in [5, 5.41) is 0.581. The van der Waals surface area contributed by atoms with Crippen LogP contribution < -0.4 is 19.9 Å². The van der Waals surface area contributed by atoms with Gasteiger partial charge in [-0.1, -0.05) is 29.8 Å². The van der Waals surface area contributed by atoms with Crippen LogP contribution in [0, 0.1) is 6.92 Å². The van der Waals surface area contributed by atoms with Crippen LogP contribution in [0.2, 0.25) is 5.02 Å². The fourth-order valence-electron chi connectivity index (χ4n) is 2.77. The first-order chi connectivity index (χ1) is 15.0. The zero-order chi connectivity index (χ0) is 22.2. The molecule has 0 radical (unpaired) electrons. The molecule has 1 aliphatic heterocycles. The van der Waals surface area contributed by atoms with Gasteiger partial charge in [0.15, 0.2) is 16.7 Å². The highest BCUT2D eigenvalue weighted by molar-refractivity contribution is 8.18. The van der Waals surface area contributed by atoms with E-state index >= 15 is 0 Å². The fourth-order valence-corrected chi connectivity index (χ4v) is 3.73. The summed E-state index contributed by atoms with van der Waals surface area (Å²) in [5.41, 5.74) is 7.34. The minimum Gasteiger partial charge on any atom is -0.493 e. The van der Waals surface area contributed by atoms with Crippen molar-refractivity contribution in [1.29, 1.82) is 0 Å². The topological polar surface area (TPSA) is 92.4 Å². The number of hydrogen-bond donors (Lipinski definition) is 1. The van der Waals surface area contributed by atoms with Crippen molar-refractivity contribution in [3.63, 3.8) is 0 Å². The molecule has 0 bridgehead atoms. The molecule has 31 heavy (non-hydrogen) atoms. The second-order valence-electron chi connectivity index (χ2n) is 6.47. The summed E-state index contributed by atoms with van der Waals surface area (Å²) in [7, 11) is 1.52. The second-order valence-corrected chi connectivity index (χ2v) is 7.94. The number of halogens is 1. The Balaban J connectivity index is 1.48. The van der Waals surface area contributed by atoms with Gasteiger partial charge < -0.3 is 24.7 Å². The number of nitrogens with zero attached hydrogens (tertiary/aromatic N) is 1. The first-order valence-electron chi connectivity index (χ1n) is 9.52. The summed E-state index contributed by atoms with van der Waals surface area (Å²) in [6.07, 6.45) is 1.66. The van der Waals surface area contributed by atoms with Crippen molar-refractivity contribution >= 4 is 40.5 Å². The highest BCUT2D eigenvalue weighted by atomic mass is 35.5. The minimum atomic E-state index is -0.374. The Morgan fingerprint density at radius 1 is 1.10 bits per heavy atom. The van der Waals surface area contributed by atoms with Crippen LogP contribution in [-0.4, -0.2) is 44.6 Å². The molecule has 1 aliphatic rings. The van der Waals surface area contributed by atoms with Gasteiger partial charge in [-0.15, -0.1) is 0 Å². The van der Waals surface area contributed by atoms with Gasteiger partial charge in [0.2, 0.25) is 0 Å². The average Bonchev–Trinajstić information content (AvgIpc) is 3.06. The lowest BCUT2D eigenvalue weighted by Crippen LogP contribution is -2.12. The van der Waals surface area contributed by atoms with Crippen LogP contribution in [0.4, 0.5) is 0 Å². The molecule has 0 aliphatic carbocycles. The molecular weight excluding hydrogens is 440 g/mol. The van der Waals surface area contributed by atoms with Gasteiger partial charge in [-0.2, -0.15) is 4.99 Å². The maximum absolute atomic E-state index is 11.8. The predicted molar refractivity (Wildman–Crippen MR) is 123 cm³/mol. The number of carbonyl (C=O) groups is 1. The quantitative estimate of drug-likeness (QED) is 0.420. The number of aryl methyl sites for hydroxylation is 1. The molecule has 9 heteroatoms. The number of amides is 1. The number of hydrogen-bond acceptors (Lipinski definition) is 7. The van der Waals surface area contributed by atoms with E-state index in [2.05, 4.69) is 4.99 Å². The van der Waals surface area contributed by atoms with Gasteiger partial charge in [-0.3, -0.25) is 4.79 Å². The highest BCUT2D eigenvalue weighted by Crippen LogP contribution is 2.38. The lowest BCUT2D eigenvalue weighted by Gasteiger charge is -2.14. The van der Waals surface area contributed by atoms with E-state index in [4.69, 9.17) is 36.3 Å². The summed E-state index contributed by atoms with van der Waals surface area (Å²) >= 11 is 7.48. The zero-order valence-corrected chi connectivity index (χ0v) is 18.8. The molecule has 2 N–H and O–H groups in total. The molecule has 2 aromatic carbocycles. The van der Waals surface area contributed by atoms with Gasteiger partial charge >= 0.3 is 0 Å². The van der Waals surface area contributed by atoms with Crippen LogP contribution >= 0.6 is 23.4 Å². The van der Waals surface area contributed by atoms with Crippen molar-refractivity contribution in [2.75, 3.05) is 33.5 Å². The Kier molecular flexibility index (Phi) is 8.22. The number of carbonyl (C=O) groups excluding carboxylic acids is 1. The second kappa shape index (κ2) is 11.1. The third kappa shape index (κ3) is 6.40. The summed E-state index contributed by atoms with van der Waals surface area (Å²) in [5.74, 6) is 1.33. The van der Waals surface area contributed by atoms with Gasteiger partial charge in [0, 0.05) is 0 Å². The van der Waals surface area contributed by atoms with E-state index in [9.17, 15) is 4.79 Å². The molecule has 164 valence electrons. The molecule has 2 aromatic rings. The fraction of sp³-hybridized carbons (Fsp3) is 0.273. The number of nitrogens with two attached hydrogens (primary N) is 1. The Labute approximate surface area is 190 Å². The Morgan fingerprint density at radius 3 is 2.52 bits per heavy atom. The molecule has 0 fully saturated rings. The highest BCUT2D eigenvalue weighted by Gasteiger charge is 2.20. The molecule has 0 atom stereocenters. The molecule has 1 amide bonds. The number of amidine groups is 1. The van der Waals surface area contributed by atoms with E-state index in [1.54, 1.807) is 18.2 Å². The molecule has 0 unspecified atom stereocenters. The van der Waals surface area contributed by atoms with Crippen LogP contribution in [0.5, 0.6) is 17.2 Å². The normalized spacial score (nSPS) is 14.6. The summed E-state index contributed by atoms with van der Waals surface area (Å²) < 4.78 is 22.4. The molecular formula is C22H23ClN2O5S. The van der Waals surface area contributed by atoms with Gasteiger partial charge in [0.25, 0.3) is 5.91 Å². The number of thioether (sulfide) groups is 1. The first kappa shape index (κ1) is 23.0. The van der Waals surface area contributed by atoms with Gasteiger partial charge in [-0.25, -0.2) is 0 Å². The molecule has 0 spiro atoms. The third-order valence-corrected chi connectivity index (χ3v) is 5.33. The van der Waals surface area contributed by atoms with E-state index in [0.717, 1.165) is 23.1 Å². The van der Waals surface area contributed by atoms with Crippen molar-refractivity contribution in [3.8, 4) is 17.2 Å². The smallest absolute Gasteiger partial charge is 0.286 e. The van der Waals surface area contributed by atoms with E-state index in [1.807, 2.05) is 31.2 Å². The summed E-state index contributed by atoms with van der Waals surface area (Å²) in [6, 6.07) is 11.2. The molecule has 1 heterocycles. The molecule has 7 nitrogen and oxygen atoms in total. The monoisotopic (exact) mass is 462 g/mol. The average molecular weight is 463 g/mol. The maximum atomic E-state index is 11.8. The van der Waals surface area contributed by atoms with Gasteiger partial charge in [0.05, 0.1) is 30.3 Å². The lowest BCUT2D eigenvalue weighted by atomic mass is 10.2. The van der Waals surface area contributed by atoms with E-state index in [0.29, 0.717) is 53.4 Å². The van der Waals surface area contributed by atoms with Crippen LogP contribution in [0.1, 0.15) is 11.1 Å². The standard InChI is InChI=1S/C22H23ClN2O5S/c1-14-5-3-4-6-17(14)29-9-7-28-8-10-30-20-16(23)11-15(12-18(20)27-2)13-19-21(26)25-22(24)31-19/h3-6,11-13H,7-10H2,1-2H3,(H2,24,25,26)/b19-13+. The number of para-hydroxylation sites is 1. The zero-order valence-electron chi connectivity index (χ0n) is 17.2. The van der Waals surface area contributed by atoms with Crippen LogP contribution in [0.3, 0.4) is 0 Å². The van der Waals surface area contributed by atoms with Crippen LogP contribution in [0.25, 0.3) is 6.08 Å². The largest absolute Gasteiger partial charge is 0.493 e. The van der Waals surface area contributed by atoms with Crippen LogP contribution in [0.15, 0.2) is 46.3 Å².